The number of allylic oxidation sites excluding steroid dienone is 1. The van der Waals surface area contributed by atoms with Crippen molar-refractivity contribution in [3.05, 3.63) is 30.1 Å². The first-order valence-electron chi connectivity index (χ1n) is 4.22. The molecule has 0 aliphatic carbocycles. The van der Waals surface area contributed by atoms with Crippen molar-refractivity contribution in [3.63, 3.8) is 0 Å². The summed E-state index contributed by atoms with van der Waals surface area (Å²) in [5.41, 5.74) is 9.45. The van der Waals surface area contributed by atoms with Crippen LogP contribution in [0.25, 0.3) is 6.20 Å². The second-order valence-corrected chi connectivity index (χ2v) is 2.67. The molecule has 1 aliphatic heterocycles. The maximum absolute atomic E-state index is 8.78. The molecule has 0 spiro atoms. The van der Waals surface area contributed by atoms with E-state index in [1.165, 1.54) is 5.69 Å². The van der Waals surface area contributed by atoms with Crippen molar-refractivity contribution in [2.45, 2.75) is 6.42 Å². The highest BCUT2D eigenvalue weighted by Gasteiger charge is 1.99. The van der Waals surface area contributed by atoms with E-state index in [1.54, 1.807) is 0 Å². The molecule has 0 unspecified atom stereocenters. The summed E-state index contributed by atoms with van der Waals surface area (Å²) in [5, 5.41) is 14.4. The van der Waals surface area contributed by atoms with Crippen LogP contribution in [0.1, 0.15) is 5.69 Å². The Kier molecular flexibility index (Phi) is 5.88. The van der Waals surface area contributed by atoms with Crippen molar-refractivity contribution in [2.24, 2.45) is 11.5 Å². The van der Waals surface area contributed by atoms with Crippen LogP contribution in [0.15, 0.2) is 24.4 Å². The Morgan fingerprint density at radius 3 is 2.19 bits per heavy atom. The highest BCUT2D eigenvalue weighted by atomic mass is 16.4. The second kappa shape index (κ2) is 6.93. The van der Waals surface area contributed by atoms with Crippen molar-refractivity contribution in [1.29, 1.82) is 0 Å². The molecule has 0 radical (unpaired) electrons. The third-order valence-corrected chi connectivity index (χ3v) is 1.46. The van der Waals surface area contributed by atoms with E-state index < -0.39 is 12.2 Å². The number of aromatic nitrogens is 1. The van der Waals surface area contributed by atoms with Gasteiger partial charge in [-0.15, -0.1) is 0 Å². The van der Waals surface area contributed by atoms with Gasteiger partial charge in [-0.25, -0.2) is 9.59 Å². The molecule has 0 atom stereocenters. The molecule has 0 aromatic carbocycles. The van der Waals surface area contributed by atoms with Crippen molar-refractivity contribution < 1.29 is 19.8 Å². The summed E-state index contributed by atoms with van der Waals surface area (Å²) >= 11 is 0. The van der Waals surface area contributed by atoms with Crippen molar-refractivity contribution in [3.8, 4) is 0 Å². The summed E-state index contributed by atoms with van der Waals surface area (Å²) in [7, 11) is 0. The Labute approximate surface area is 91.6 Å². The van der Waals surface area contributed by atoms with Gasteiger partial charge in [-0.2, -0.15) is 0 Å². The fraction of sp³-hybridized carbons (Fsp3) is 0.111. The number of fused-ring (bicyclic) bond motifs is 1. The third kappa shape index (κ3) is 7.01. The minimum absolute atomic E-state index is 1.10. The van der Waals surface area contributed by atoms with E-state index in [-0.39, 0.29) is 0 Å². The summed E-state index contributed by atoms with van der Waals surface area (Å²) in [6.45, 7) is 0. The minimum atomic E-state index is -1.33. The SMILES string of the molecule is C1=Cn2cccc2C1.NC(=O)O.NC(=O)O. The molecule has 88 valence electrons. The molecule has 0 saturated heterocycles. The van der Waals surface area contributed by atoms with Gasteiger partial charge in [-0.05, 0) is 12.1 Å². The fourth-order valence-electron chi connectivity index (χ4n) is 1.03. The standard InChI is InChI=1S/C7H7N.2CH3NO2/c1-3-7-4-2-6-8(7)5-1;2*2-1(3)4/h1-3,5-6H,4H2;2*2H2,(H,3,4). The van der Waals surface area contributed by atoms with Crippen molar-refractivity contribution in [1.82, 2.24) is 4.57 Å². The van der Waals surface area contributed by atoms with Crippen molar-refractivity contribution in [2.75, 3.05) is 0 Å². The molecular weight excluding hydrogens is 214 g/mol. The van der Waals surface area contributed by atoms with E-state index in [2.05, 4.69) is 46.6 Å². The van der Waals surface area contributed by atoms with Gasteiger partial charge in [-0.3, -0.25) is 0 Å². The molecule has 2 heterocycles. The quantitative estimate of drug-likeness (QED) is 0.520. The normalized spacial score (nSPS) is 10.2. The second-order valence-electron chi connectivity index (χ2n) is 2.67. The maximum Gasteiger partial charge on any atom is 0.402 e. The molecule has 6 N–H and O–H groups in total. The van der Waals surface area contributed by atoms with Crippen LogP contribution in [0.3, 0.4) is 0 Å². The van der Waals surface area contributed by atoms with Gasteiger partial charge < -0.3 is 26.2 Å². The van der Waals surface area contributed by atoms with E-state index in [1.807, 2.05) is 0 Å². The van der Waals surface area contributed by atoms with Crippen molar-refractivity contribution >= 4 is 18.4 Å². The van der Waals surface area contributed by atoms with Crippen LogP contribution in [0, 0.1) is 0 Å². The first-order valence-corrected chi connectivity index (χ1v) is 4.22. The Morgan fingerprint density at radius 1 is 1.25 bits per heavy atom. The Balaban J connectivity index is 0.000000244. The van der Waals surface area contributed by atoms with Gasteiger partial charge in [0.15, 0.2) is 0 Å². The molecule has 0 bridgehead atoms. The molecule has 1 aromatic heterocycles. The number of primary amides is 2. The number of rotatable bonds is 0. The average Bonchev–Trinajstić information content (AvgIpc) is 2.58. The predicted octanol–water partition coefficient (Wildman–Crippen LogP) is 0.761. The fourth-order valence-corrected chi connectivity index (χ4v) is 1.03. The van der Waals surface area contributed by atoms with Gasteiger partial charge in [-0.1, -0.05) is 6.08 Å². The summed E-state index contributed by atoms with van der Waals surface area (Å²) < 4.78 is 2.14. The van der Waals surface area contributed by atoms with Crippen LogP contribution >= 0.6 is 0 Å². The van der Waals surface area contributed by atoms with Gasteiger partial charge in [0.2, 0.25) is 0 Å². The predicted molar refractivity (Wildman–Crippen MR) is 57.9 cm³/mol. The lowest BCUT2D eigenvalue weighted by Gasteiger charge is -1.88. The number of amides is 2. The van der Waals surface area contributed by atoms with E-state index >= 15 is 0 Å². The molecule has 7 nitrogen and oxygen atoms in total. The summed E-state index contributed by atoms with van der Waals surface area (Å²) in [4.78, 5) is 17.6. The van der Waals surface area contributed by atoms with E-state index in [0.717, 1.165) is 6.42 Å². The molecule has 7 heteroatoms. The Bertz CT molecular complexity index is 364. The number of carboxylic acid groups (broad SMARTS) is 2. The number of hydrogen-bond donors (Lipinski definition) is 4. The minimum Gasteiger partial charge on any atom is -0.465 e. The topological polar surface area (TPSA) is 132 Å². The van der Waals surface area contributed by atoms with Gasteiger partial charge >= 0.3 is 12.2 Å². The van der Waals surface area contributed by atoms with E-state index in [0.29, 0.717) is 0 Å². The molecule has 2 amide bonds. The zero-order chi connectivity index (χ0) is 12.6. The van der Waals surface area contributed by atoms with Crippen LogP contribution in [-0.4, -0.2) is 27.0 Å². The highest BCUT2D eigenvalue weighted by molar-refractivity contribution is 5.61. The molecule has 1 aromatic rings. The average molecular weight is 227 g/mol. The molecule has 0 fully saturated rings. The van der Waals surface area contributed by atoms with Crippen LogP contribution < -0.4 is 11.5 Å². The van der Waals surface area contributed by atoms with E-state index in [4.69, 9.17) is 19.8 Å². The zero-order valence-electron chi connectivity index (χ0n) is 8.41. The Morgan fingerprint density at radius 2 is 1.75 bits per heavy atom. The van der Waals surface area contributed by atoms with Gasteiger partial charge in [0, 0.05) is 24.5 Å². The largest absolute Gasteiger partial charge is 0.465 e. The van der Waals surface area contributed by atoms with Gasteiger partial charge in [0.25, 0.3) is 0 Å². The lowest BCUT2D eigenvalue weighted by Crippen LogP contribution is -2.03. The van der Waals surface area contributed by atoms with E-state index in [9.17, 15) is 0 Å². The number of nitrogens with zero attached hydrogens (tertiary/aromatic N) is 1. The summed E-state index contributed by atoms with van der Waals surface area (Å²) in [6, 6.07) is 4.21. The molecule has 0 saturated carbocycles. The third-order valence-electron chi connectivity index (χ3n) is 1.46. The smallest absolute Gasteiger partial charge is 0.402 e. The van der Waals surface area contributed by atoms with Gasteiger partial charge in [0.1, 0.15) is 0 Å². The number of carbonyl (C=O) groups is 2. The molecular formula is C9H13N3O4. The molecule has 1 aliphatic rings. The lowest BCUT2D eigenvalue weighted by molar-refractivity contribution is 0.204. The molecule has 2 rings (SSSR count). The number of nitrogens with two attached hydrogens (primary N) is 2. The lowest BCUT2D eigenvalue weighted by atomic mass is 10.3. The highest BCUT2D eigenvalue weighted by Crippen LogP contribution is 2.10. The van der Waals surface area contributed by atoms with Crippen LogP contribution in [0.4, 0.5) is 9.59 Å². The van der Waals surface area contributed by atoms with Crippen LogP contribution in [-0.2, 0) is 6.42 Å². The first-order chi connectivity index (χ1) is 7.43. The number of hydrogen-bond acceptors (Lipinski definition) is 2. The monoisotopic (exact) mass is 227 g/mol. The Hall–Kier alpha value is -2.44. The van der Waals surface area contributed by atoms with Crippen LogP contribution in [0.5, 0.6) is 0 Å². The van der Waals surface area contributed by atoms with Crippen LogP contribution in [0.2, 0.25) is 0 Å². The summed E-state index contributed by atoms with van der Waals surface area (Å²) in [5.74, 6) is 0. The zero-order valence-corrected chi connectivity index (χ0v) is 8.41. The first kappa shape index (κ1) is 13.6. The molecule has 16 heavy (non-hydrogen) atoms. The summed E-state index contributed by atoms with van der Waals surface area (Å²) in [6.07, 6.45) is 4.76. The maximum atomic E-state index is 8.78. The van der Waals surface area contributed by atoms with Gasteiger partial charge in [0.05, 0.1) is 0 Å².